The molecule has 0 aliphatic carbocycles. The summed E-state index contributed by atoms with van der Waals surface area (Å²) >= 11 is 0. The van der Waals surface area contributed by atoms with Gasteiger partial charge in [0.25, 0.3) is 0 Å². The summed E-state index contributed by atoms with van der Waals surface area (Å²) in [5.41, 5.74) is 6.50. The number of ether oxygens (including phenoxy) is 2. The Morgan fingerprint density at radius 1 is 0.862 bits per heavy atom. The van der Waals surface area contributed by atoms with Crippen molar-refractivity contribution in [2.45, 2.75) is 48.1 Å². The van der Waals surface area contributed by atoms with Gasteiger partial charge in [-0.1, -0.05) is 32.0 Å². The lowest BCUT2D eigenvalue weighted by Gasteiger charge is -2.16. The summed E-state index contributed by atoms with van der Waals surface area (Å²) in [7, 11) is 3.97. The second kappa shape index (κ2) is 10.3. The van der Waals surface area contributed by atoms with E-state index in [2.05, 4.69) is 39.0 Å². The minimum absolute atomic E-state index is 0.481. The molecule has 0 saturated heterocycles. The molecule has 2 aromatic carbocycles. The molecular formula is C25H34N2O2. The van der Waals surface area contributed by atoms with Crippen LogP contribution in [0.15, 0.2) is 36.4 Å². The summed E-state index contributed by atoms with van der Waals surface area (Å²) < 4.78 is 12.1. The molecule has 1 aromatic heterocycles. The summed E-state index contributed by atoms with van der Waals surface area (Å²) in [4.78, 5) is 6.73. The van der Waals surface area contributed by atoms with E-state index in [0.717, 1.165) is 44.8 Å². The van der Waals surface area contributed by atoms with E-state index in [0.29, 0.717) is 13.3 Å². The summed E-state index contributed by atoms with van der Waals surface area (Å²) in [6, 6.07) is 12.6. The van der Waals surface area contributed by atoms with E-state index in [1.54, 1.807) is 0 Å². The number of hydrogen-bond acceptors (Lipinski definition) is 4. The van der Waals surface area contributed by atoms with Gasteiger partial charge >= 0.3 is 0 Å². The smallest absolute Gasteiger partial charge is 0.148 e. The van der Waals surface area contributed by atoms with Crippen LogP contribution < -0.4 is 9.47 Å². The van der Waals surface area contributed by atoms with E-state index < -0.39 is 0 Å². The van der Waals surface area contributed by atoms with Crippen LogP contribution in [0.25, 0.3) is 10.9 Å². The molecule has 0 atom stereocenters. The Kier molecular flexibility index (Phi) is 8.03. The molecule has 156 valence electrons. The lowest BCUT2D eigenvalue weighted by molar-refractivity contribution is 0.179. The number of benzene rings is 2. The van der Waals surface area contributed by atoms with Gasteiger partial charge in [-0.2, -0.15) is 0 Å². The Labute approximate surface area is 175 Å². The van der Waals surface area contributed by atoms with E-state index >= 15 is 0 Å². The monoisotopic (exact) mass is 394 g/mol. The first-order valence-electron chi connectivity index (χ1n) is 10.2. The van der Waals surface area contributed by atoms with Gasteiger partial charge < -0.3 is 9.47 Å². The lowest BCUT2D eigenvalue weighted by atomic mass is 10.0. The molecule has 0 spiro atoms. The van der Waals surface area contributed by atoms with Crippen molar-refractivity contribution in [2.75, 3.05) is 20.8 Å². The molecule has 0 saturated carbocycles. The summed E-state index contributed by atoms with van der Waals surface area (Å²) in [5.74, 6) is 1.72. The van der Waals surface area contributed by atoms with E-state index in [-0.39, 0.29) is 0 Å². The second-order valence-electron chi connectivity index (χ2n) is 7.48. The van der Waals surface area contributed by atoms with Crippen LogP contribution in [0.1, 0.15) is 41.8 Å². The van der Waals surface area contributed by atoms with Gasteiger partial charge in [0.1, 0.15) is 30.4 Å². The number of hydrogen-bond donors (Lipinski definition) is 0. The molecule has 0 fully saturated rings. The molecule has 0 unspecified atom stereocenters. The van der Waals surface area contributed by atoms with Gasteiger partial charge in [-0.3, -0.25) is 4.90 Å². The van der Waals surface area contributed by atoms with Gasteiger partial charge in [-0.25, -0.2) is 4.98 Å². The zero-order chi connectivity index (χ0) is 21.6. The average molecular weight is 395 g/mol. The highest BCUT2D eigenvalue weighted by molar-refractivity contribution is 5.88. The Morgan fingerprint density at radius 3 is 2.28 bits per heavy atom. The van der Waals surface area contributed by atoms with Gasteiger partial charge in [0, 0.05) is 11.1 Å². The first kappa shape index (κ1) is 22.7. The summed E-state index contributed by atoms with van der Waals surface area (Å²) in [6.45, 7) is 13.3. The van der Waals surface area contributed by atoms with Crippen molar-refractivity contribution in [1.82, 2.24) is 9.88 Å². The minimum atomic E-state index is 0.481. The quantitative estimate of drug-likeness (QED) is 0.482. The van der Waals surface area contributed by atoms with Crippen molar-refractivity contribution >= 4 is 10.9 Å². The van der Waals surface area contributed by atoms with Gasteiger partial charge in [-0.05, 0) is 82.2 Å². The maximum atomic E-state index is 6.25. The van der Waals surface area contributed by atoms with Crippen molar-refractivity contribution in [3.05, 3.63) is 64.3 Å². The molecule has 3 aromatic rings. The topological polar surface area (TPSA) is 34.6 Å². The van der Waals surface area contributed by atoms with E-state index in [4.69, 9.17) is 14.5 Å². The third kappa shape index (κ3) is 5.94. The van der Waals surface area contributed by atoms with Crippen molar-refractivity contribution in [3.8, 4) is 11.5 Å². The average Bonchev–Trinajstić information content (AvgIpc) is 2.67. The van der Waals surface area contributed by atoms with Crippen LogP contribution in [-0.4, -0.2) is 30.7 Å². The molecule has 0 N–H and O–H groups in total. The molecule has 29 heavy (non-hydrogen) atoms. The zero-order valence-corrected chi connectivity index (χ0v) is 19.1. The Morgan fingerprint density at radius 2 is 1.59 bits per heavy atom. The molecule has 4 heteroatoms. The van der Waals surface area contributed by atoms with Crippen molar-refractivity contribution in [3.63, 3.8) is 0 Å². The van der Waals surface area contributed by atoms with Crippen molar-refractivity contribution in [1.29, 1.82) is 0 Å². The van der Waals surface area contributed by atoms with Gasteiger partial charge in [-0.15, -0.1) is 0 Å². The van der Waals surface area contributed by atoms with Crippen LogP contribution in [0.2, 0.25) is 0 Å². The van der Waals surface area contributed by atoms with E-state index in [1.165, 1.54) is 5.56 Å². The van der Waals surface area contributed by atoms with Gasteiger partial charge in [0.05, 0.1) is 0 Å². The molecular weight excluding hydrogens is 360 g/mol. The Bertz CT molecular complexity index is 965. The van der Waals surface area contributed by atoms with Crippen LogP contribution in [0.4, 0.5) is 0 Å². The van der Waals surface area contributed by atoms with Gasteiger partial charge in [0.2, 0.25) is 0 Å². The normalized spacial score (nSPS) is 10.7. The fourth-order valence-corrected chi connectivity index (χ4v) is 3.24. The van der Waals surface area contributed by atoms with Crippen LogP contribution in [0.5, 0.6) is 11.5 Å². The minimum Gasteiger partial charge on any atom is -0.486 e. The highest BCUT2D eigenvalue weighted by Gasteiger charge is 2.12. The molecule has 0 aliphatic heterocycles. The standard InChI is InChI=1S/C23H28N2O2.C2H6/c1-15-9-19(12-20(10-15)27-14-25(5)6)13-26-23-17(3)11-16(2)21-8-7-18(4)24-22(21)23;1-2/h7-12H,13-14H2,1-6H3;1-2H3. The Balaban J connectivity index is 0.00000145. The number of fused-ring (bicyclic) bond motifs is 1. The predicted octanol–water partition coefficient (Wildman–Crippen LogP) is 5.97. The Hall–Kier alpha value is -2.59. The van der Waals surface area contributed by atoms with Crippen LogP contribution >= 0.6 is 0 Å². The largest absolute Gasteiger partial charge is 0.486 e. The van der Waals surface area contributed by atoms with Crippen molar-refractivity contribution in [2.24, 2.45) is 0 Å². The number of aryl methyl sites for hydroxylation is 4. The molecule has 0 radical (unpaired) electrons. The first-order chi connectivity index (χ1) is 13.8. The van der Waals surface area contributed by atoms with Crippen LogP contribution in [-0.2, 0) is 6.61 Å². The van der Waals surface area contributed by atoms with Crippen LogP contribution in [0, 0.1) is 27.7 Å². The fourth-order valence-electron chi connectivity index (χ4n) is 3.24. The maximum absolute atomic E-state index is 6.25. The second-order valence-corrected chi connectivity index (χ2v) is 7.48. The number of pyridine rings is 1. The third-order valence-electron chi connectivity index (χ3n) is 4.45. The molecule has 0 aliphatic rings. The fraction of sp³-hybridized carbons (Fsp3) is 0.400. The molecule has 4 nitrogen and oxygen atoms in total. The summed E-state index contributed by atoms with van der Waals surface area (Å²) in [6.07, 6.45) is 0. The maximum Gasteiger partial charge on any atom is 0.148 e. The zero-order valence-electron chi connectivity index (χ0n) is 19.1. The van der Waals surface area contributed by atoms with E-state index in [9.17, 15) is 0 Å². The highest BCUT2D eigenvalue weighted by atomic mass is 16.5. The molecule has 0 amide bonds. The predicted molar refractivity (Wildman–Crippen MR) is 122 cm³/mol. The van der Waals surface area contributed by atoms with E-state index in [1.807, 2.05) is 58.0 Å². The lowest BCUT2D eigenvalue weighted by Crippen LogP contribution is -2.18. The summed E-state index contributed by atoms with van der Waals surface area (Å²) in [5, 5.41) is 1.14. The molecule has 1 heterocycles. The molecule has 3 rings (SSSR count). The highest BCUT2D eigenvalue weighted by Crippen LogP contribution is 2.32. The molecule has 0 bridgehead atoms. The number of aromatic nitrogens is 1. The third-order valence-corrected chi connectivity index (χ3v) is 4.45. The number of rotatable bonds is 6. The van der Waals surface area contributed by atoms with Crippen molar-refractivity contribution < 1.29 is 9.47 Å². The SMILES string of the molecule is CC.Cc1cc(COc2c(C)cc(C)c3ccc(C)nc23)cc(OCN(C)C)c1. The number of nitrogens with zero attached hydrogens (tertiary/aromatic N) is 2. The van der Waals surface area contributed by atoms with Gasteiger partial charge in [0.15, 0.2) is 0 Å². The first-order valence-corrected chi connectivity index (χ1v) is 10.2. The van der Waals surface area contributed by atoms with Crippen LogP contribution in [0.3, 0.4) is 0 Å².